The number of aromatic amines is 1. The van der Waals surface area contributed by atoms with Crippen LogP contribution in [0.5, 0.6) is 0 Å². The molecule has 166 valence electrons. The van der Waals surface area contributed by atoms with Crippen molar-refractivity contribution in [1.82, 2.24) is 4.98 Å². The van der Waals surface area contributed by atoms with Crippen LogP contribution in [0.2, 0.25) is 0 Å². The molecule has 1 saturated heterocycles. The number of aliphatic hydroxyl groups is 1. The van der Waals surface area contributed by atoms with Gasteiger partial charge in [-0.3, -0.25) is 14.5 Å². The minimum absolute atomic E-state index is 0.00390. The van der Waals surface area contributed by atoms with Crippen molar-refractivity contribution in [3.05, 3.63) is 89.5 Å². The summed E-state index contributed by atoms with van der Waals surface area (Å²) in [7, 11) is 3.85. The molecule has 2 N–H and O–H groups in total. The number of fused-ring (bicyclic) bond motifs is 1. The highest BCUT2D eigenvalue weighted by molar-refractivity contribution is 6.51. The molecule has 7 nitrogen and oxygen atoms in total. The topological polar surface area (TPSA) is 89.8 Å². The van der Waals surface area contributed by atoms with Crippen LogP contribution in [0, 0.1) is 6.92 Å². The smallest absolute Gasteiger partial charge is 0.300 e. The number of nitrogens with one attached hydrogen (secondary N) is 1. The van der Waals surface area contributed by atoms with Gasteiger partial charge >= 0.3 is 0 Å². The van der Waals surface area contributed by atoms with Gasteiger partial charge in [-0.1, -0.05) is 18.2 Å². The van der Waals surface area contributed by atoms with Gasteiger partial charge in [-0.15, -0.1) is 0 Å². The normalized spacial score (nSPS) is 17.8. The molecule has 0 bridgehead atoms. The average molecular weight is 441 g/mol. The third-order valence-corrected chi connectivity index (χ3v) is 5.96. The van der Waals surface area contributed by atoms with E-state index in [1.807, 2.05) is 55.4 Å². The summed E-state index contributed by atoms with van der Waals surface area (Å²) in [4.78, 5) is 32.9. The van der Waals surface area contributed by atoms with Crippen LogP contribution in [0.15, 0.2) is 76.9 Å². The van der Waals surface area contributed by atoms with Crippen LogP contribution in [-0.2, 0) is 9.59 Å². The Hall–Kier alpha value is -4.26. The second-order valence-electron chi connectivity index (χ2n) is 8.28. The Morgan fingerprint density at radius 2 is 1.76 bits per heavy atom. The third-order valence-electron chi connectivity index (χ3n) is 5.96. The fourth-order valence-corrected chi connectivity index (χ4v) is 4.29. The molecule has 0 spiro atoms. The fraction of sp³-hybridized carbons (Fsp3) is 0.154. The number of aliphatic hydroxyl groups excluding tert-OH is 1. The van der Waals surface area contributed by atoms with Crippen LogP contribution in [0.4, 0.5) is 11.4 Å². The highest BCUT2D eigenvalue weighted by atomic mass is 16.3. The van der Waals surface area contributed by atoms with Crippen molar-refractivity contribution < 1.29 is 19.1 Å². The molecule has 7 heteroatoms. The molecule has 1 atom stereocenters. The summed E-state index contributed by atoms with van der Waals surface area (Å²) in [6.07, 6.45) is 1.64. The monoisotopic (exact) mass is 441 g/mol. The van der Waals surface area contributed by atoms with Crippen LogP contribution in [0.3, 0.4) is 0 Å². The average Bonchev–Trinajstić information content (AvgIpc) is 3.50. The molecule has 1 aliphatic heterocycles. The number of aryl methyl sites for hydroxylation is 1. The Balaban J connectivity index is 1.71. The van der Waals surface area contributed by atoms with Crippen molar-refractivity contribution in [3.63, 3.8) is 0 Å². The summed E-state index contributed by atoms with van der Waals surface area (Å²) >= 11 is 0. The molecule has 33 heavy (non-hydrogen) atoms. The number of anilines is 2. The van der Waals surface area contributed by atoms with E-state index in [0.29, 0.717) is 22.8 Å². The Kier molecular flexibility index (Phi) is 4.82. The van der Waals surface area contributed by atoms with E-state index in [2.05, 4.69) is 4.98 Å². The number of para-hydroxylation sites is 1. The quantitative estimate of drug-likeness (QED) is 0.271. The molecule has 0 aliphatic carbocycles. The van der Waals surface area contributed by atoms with Crippen molar-refractivity contribution >= 4 is 39.7 Å². The Labute approximate surface area is 190 Å². The predicted molar refractivity (Wildman–Crippen MR) is 127 cm³/mol. The lowest BCUT2D eigenvalue weighted by Crippen LogP contribution is -2.29. The molecule has 1 fully saturated rings. The molecule has 1 unspecified atom stereocenters. The summed E-state index contributed by atoms with van der Waals surface area (Å²) in [6, 6.07) is 17.4. The second-order valence-corrected chi connectivity index (χ2v) is 8.28. The number of carbonyl (C=O) groups excluding carboxylic acids is 2. The fourth-order valence-electron chi connectivity index (χ4n) is 4.29. The van der Waals surface area contributed by atoms with Gasteiger partial charge in [0, 0.05) is 48.1 Å². The lowest BCUT2D eigenvalue weighted by atomic mass is 9.99. The number of nitrogens with zero attached hydrogens (tertiary/aromatic N) is 2. The first-order valence-electron chi connectivity index (χ1n) is 10.6. The second kappa shape index (κ2) is 7.70. The Morgan fingerprint density at radius 3 is 2.42 bits per heavy atom. The number of H-pyrrole nitrogens is 1. The van der Waals surface area contributed by atoms with Gasteiger partial charge in [0.25, 0.3) is 11.7 Å². The first kappa shape index (κ1) is 20.6. The molecule has 1 aliphatic rings. The van der Waals surface area contributed by atoms with Gasteiger partial charge in [-0.05, 0) is 49.4 Å². The number of benzene rings is 2. The predicted octanol–water partition coefficient (Wildman–Crippen LogP) is 4.76. The maximum Gasteiger partial charge on any atom is 0.300 e. The van der Waals surface area contributed by atoms with E-state index < -0.39 is 17.7 Å². The maximum absolute atomic E-state index is 13.3. The van der Waals surface area contributed by atoms with Crippen molar-refractivity contribution in [2.24, 2.45) is 0 Å². The minimum Gasteiger partial charge on any atom is -0.507 e. The number of furan rings is 1. The van der Waals surface area contributed by atoms with Gasteiger partial charge < -0.3 is 19.4 Å². The van der Waals surface area contributed by atoms with Crippen LogP contribution in [-0.4, -0.2) is 35.9 Å². The number of ketones is 1. The summed E-state index contributed by atoms with van der Waals surface area (Å²) < 4.78 is 5.86. The largest absolute Gasteiger partial charge is 0.507 e. The molecule has 2 aromatic heterocycles. The van der Waals surface area contributed by atoms with E-state index in [1.54, 1.807) is 37.4 Å². The SMILES string of the molecule is Cc1ccc(C2/C(=C(/O)c3c[nH]c4ccccc34)C(=O)C(=O)N2c2ccc(N(C)C)cc2)o1. The zero-order chi connectivity index (χ0) is 23.3. The highest BCUT2D eigenvalue weighted by Gasteiger charge is 2.48. The molecule has 1 amide bonds. The number of hydrogen-bond acceptors (Lipinski definition) is 5. The van der Waals surface area contributed by atoms with Crippen LogP contribution in [0.1, 0.15) is 23.1 Å². The van der Waals surface area contributed by atoms with Gasteiger partial charge in [-0.2, -0.15) is 0 Å². The van der Waals surface area contributed by atoms with E-state index in [1.165, 1.54) is 4.90 Å². The molecule has 2 aromatic carbocycles. The van der Waals surface area contributed by atoms with E-state index in [4.69, 9.17) is 4.42 Å². The molecular weight excluding hydrogens is 418 g/mol. The molecule has 3 heterocycles. The third kappa shape index (κ3) is 3.29. The van der Waals surface area contributed by atoms with E-state index in [0.717, 1.165) is 16.6 Å². The lowest BCUT2D eigenvalue weighted by molar-refractivity contribution is -0.132. The lowest BCUT2D eigenvalue weighted by Gasteiger charge is -2.24. The number of aromatic nitrogens is 1. The summed E-state index contributed by atoms with van der Waals surface area (Å²) in [6.45, 7) is 1.79. The summed E-state index contributed by atoms with van der Waals surface area (Å²) in [5.41, 5.74) is 2.77. The molecule has 0 radical (unpaired) electrons. The van der Waals surface area contributed by atoms with Crippen molar-refractivity contribution in [2.75, 3.05) is 23.9 Å². The number of rotatable bonds is 4. The van der Waals surface area contributed by atoms with Crippen molar-refractivity contribution in [1.29, 1.82) is 0 Å². The van der Waals surface area contributed by atoms with E-state index in [-0.39, 0.29) is 11.3 Å². The maximum atomic E-state index is 13.3. The van der Waals surface area contributed by atoms with Gasteiger partial charge in [0.1, 0.15) is 23.3 Å². The molecule has 4 aromatic rings. The number of amides is 1. The number of hydrogen-bond donors (Lipinski definition) is 2. The minimum atomic E-state index is -0.891. The van der Waals surface area contributed by atoms with Crippen LogP contribution >= 0.6 is 0 Å². The van der Waals surface area contributed by atoms with Gasteiger partial charge in [0.2, 0.25) is 0 Å². The first-order valence-corrected chi connectivity index (χ1v) is 10.6. The van der Waals surface area contributed by atoms with Gasteiger partial charge in [0.05, 0.1) is 5.57 Å². The van der Waals surface area contributed by atoms with E-state index >= 15 is 0 Å². The number of carbonyl (C=O) groups is 2. The zero-order valence-corrected chi connectivity index (χ0v) is 18.5. The van der Waals surface area contributed by atoms with Crippen molar-refractivity contribution in [3.8, 4) is 0 Å². The summed E-state index contributed by atoms with van der Waals surface area (Å²) in [5, 5.41) is 12.1. The van der Waals surface area contributed by atoms with Crippen LogP contribution in [0.25, 0.3) is 16.7 Å². The van der Waals surface area contributed by atoms with Gasteiger partial charge in [-0.25, -0.2) is 0 Å². The highest BCUT2D eigenvalue weighted by Crippen LogP contribution is 2.43. The number of Topliss-reactive ketones (excluding diaryl/α,β-unsaturated/α-hetero) is 1. The van der Waals surface area contributed by atoms with Crippen molar-refractivity contribution in [2.45, 2.75) is 13.0 Å². The Morgan fingerprint density at radius 1 is 1.03 bits per heavy atom. The molecule has 0 saturated carbocycles. The first-order chi connectivity index (χ1) is 15.9. The van der Waals surface area contributed by atoms with E-state index in [9.17, 15) is 14.7 Å². The van der Waals surface area contributed by atoms with Crippen LogP contribution < -0.4 is 9.80 Å². The Bertz CT molecular complexity index is 1410. The van der Waals surface area contributed by atoms with Gasteiger partial charge in [0.15, 0.2) is 0 Å². The standard InChI is InChI=1S/C26H23N3O4/c1-15-8-13-21(33-15)23-22(24(30)19-14-27-20-7-5-4-6-18(19)20)25(31)26(32)29(23)17-11-9-16(10-12-17)28(2)3/h4-14,23,27,30H,1-3H3/b24-22-. The zero-order valence-electron chi connectivity index (χ0n) is 18.5. The molecule has 5 rings (SSSR count). The molecular formula is C26H23N3O4. The summed E-state index contributed by atoms with van der Waals surface area (Å²) in [5.74, 6) is -0.658.